The normalized spacial score (nSPS) is 13.4. The molecule has 0 aliphatic carbocycles. The van der Waals surface area contributed by atoms with E-state index in [1.165, 1.54) is 6.07 Å². The van der Waals surface area contributed by atoms with Gasteiger partial charge in [-0.15, -0.1) is 0 Å². The molecule has 1 heterocycles. The van der Waals surface area contributed by atoms with Gasteiger partial charge in [0.15, 0.2) is 11.5 Å². The number of benzene rings is 2. The topological polar surface area (TPSA) is 47.6 Å². The molecule has 0 unspecified atom stereocenters. The Hall–Kier alpha value is -2.70. The van der Waals surface area contributed by atoms with Crippen molar-refractivity contribution in [3.8, 4) is 11.5 Å². The maximum absolute atomic E-state index is 12.7. The quantitative estimate of drug-likeness (QED) is 0.919. The van der Waals surface area contributed by atoms with Gasteiger partial charge in [-0.05, 0) is 35.4 Å². The van der Waals surface area contributed by atoms with Gasteiger partial charge in [-0.3, -0.25) is 4.79 Å². The van der Waals surface area contributed by atoms with Crippen LogP contribution >= 0.6 is 0 Å². The van der Waals surface area contributed by atoms with Crippen LogP contribution in [0.1, 0.15) is 16.7 Å². The summed E-state index contributed by atoms with van der Waals surface area (Å²) >= 11 is 0. The number of carbonyl (C=O) groups excluding carboxylic acids is 1. The zero-order valence-electron chi connectivity index (χ0n) is 13.2. The summed E-state index contributed by atoms with van der Waals surface area (Å²) in [6.07, 6.45) is -4.29. The van der Waals surface area contributed by atoms with Crippen molar-refractivity contribution in [2.45, 2.75) is 19.1 Å². The molecule has 4 nitrogen and oxygen atoms in total. The lowest BCUT2D eigenvalue weighted by Gasteiger charge is -2.18. The summed E-state index contributed by atoms with van der Waals surface area (Å²) in [6.45, 7) is 0.981. The van der Waals surface area contributed by atoms with Crippen molar-refractivity contribution < 1.29 is 27.4 Å². The molecule has 0 spiro atoms. The number of rotatable bonds is 4. The van der Waals surface area contributed by atoms with Crippen LogP contribution in [0, 0.1) is 0 Å². The van der Waals surface area contributed by atoms with Crippen molar-refractivity contribution in [3.63, 3.8) is 0 Å². The third kappa shape index (κ3) is 4.43. The molecule has 7 heteroatoms. The SMILES string of the molecule is O=C(Cc1ccc2c(c1)OCCO2)NCc1cccc(C(F)(F)F)c1. The smallest absolute Gasteiger partial charge is 0.416 e. The van der Waals surface area contributed by atoms with Gasteiger partial charge in [-0.1, -0.05) is 18.2 Å². The molecule has 2 aromatic rings. The molecule has 0 saturated heterocycles. The summed E-state index contributed by atoms with van der Waals surface area (Å²) in [5.74, 6) is 0.947. The zero-order valence-corrected chi connectivity index (χ0v) is 13.2. The van der Waals surface area contributed by atoms with Crippen molar-refractivity contribution in [3.05, 3.63) is 59.2 Å². The lowest BCUT2D eigenvalue weighted by atomic mass is 10.1. The van der Waals surface area contributed by atoms with Gasteiger partial charge in [0.25, 0.3) is 0 Å². The van der Waals surface area contributed by atoms with Crippen molar-refractivity contribution in [1.82, 2.24) is 5.32 Å². The van der Waals surface area contributed by atoms with Crippen LogP contribution in [0.4, 0.5) is 13.2 Å². The van der Waals surface area contributed by atoms with Crippen molar-refractivity contribution in [2.75, 3.05) is 13.2 Å². The predicted octanol–water partition coefficient (Wildman–Crippen LogP) is 3.34. The number of nitrogens with one attached hydrogen (secondary N) is 1. The molecular weight excluding hydrogens is 335 g/mol. The highest BCUT2D eigenvalue weighted by atomic mass is 19.4. The second-order valence-corrected chi connectivity index (χ2v) is 5.63. The Morgan fingerprint density at radius 1 is 1.00 bits per heavy atom. The number of amides is 1. The van der Waals surface area contributed by atoms with Gasteiger partial charge in [0.2, 0.25) is 5.91 Å². The fourth-order valence-corrected chi connectivity index (χ4v) is 2.50. The second kappa shape index (κ2) is 7.04. The average molecular weight is 351 g/mol. The molecule has 0 atom stereocenters. The molecule has 3 rings (SSSR count). The predicted molar refractivity (Wildman–Crippen MR) is 84.4 cm³/mol. The molecule has 25 heavy (non-hydrogen) atoms. The molecule has 0 radical (unpaired) electrons. The minimum Gasteiger partial charge on any atom is -0.486 e. The van der Waals surface area contributed by atoms with E-state index < -0.39 is 11.7 Å². The van der Waals surface area contributed by atoms with E-state index in [0.717, 1.165) is 17.7 Å². The molecule has 2 aromatic carbocycles. The minimum absolute atomic E-state index is 0.0350. The van der Waals surface area contributed by atoms with Gasteiger partial charge in [0.1, 0.15) is 13.2 Å². The van der Waals surface area contributed by atoms with E-state index in [0.29, 0.717) is 30.3 Å². The summed E-state index contributed by atoms with van der Waals surface area (Å²) in [4.78, 5) is 12.0. The number of hydrogen-bond acceptors (Lipinski definition) is 3. The van der Waals surface area contributed by atoms with Crippen LogP contribution in [-0.4, -0.2) is 19.1 Å². The number of hydrogen-bond donors (Lipinski definition) is 1. The summed E-state index contributed by atoms with van der Waals surface area (Å²) < 4.78 is 48.9. The van der Waals surface area contributed by atoms with Crippen LogP contribution in [0.2, 0.25) is 0 Å². The van der Waals surface area contributed by atoms with Gasteiger partial charge in [0.05, 0.1) is 12.0 Å². The highest BCUT2D eigenvalue weighted by Crippen LogP contribution is 2.31. The molecule has 0 bridgehead atoms. The van der Waals surface area contributed by atoms with Crippen LogP contribution < -0.4 is 14.8 Å². The van der Waals surface area contributed by atoms with Gasteiger partial charge in [0, 0.05) is 6.54 Å². The molecule has 0 fully saturated rings. The van der Waals surface area contributed by atoms with Crippen LogP contribution in [0.25, 0.3) is 0 Å². The number of alkyl halides is 3. The number of fused-ring (bicyclic) bond motifs is 1. The summed E-state index contributed by atoms with van der Waals surface area (Å²) in [7, 11) is 0. The molecule has 1 aliphatic heterocycles. The Morgan fingerprint density at radius 2 is 1.76 bits per heavy atom. The van der Waals surface area contributed by atoms with Gasteiger partial charge in [-0.2, -0.15) is 13.2 Å². The van der Waals surface area contributed by atoms with Crippen molar-refractivity contribution in [1.29, 1.82) is 0 Å². The fourth-order valence-electron chi connectivity index (χ4n) is 2.50. The highest BCUT2D eigenvalue weighted by Gasteiger charge is 2.30. The van der Waals surface area contributed by atoms with E-state index in [4.69, 9.17) is 9.47 Å². The largest absolute Gasteiger partial charge is 0.486 e. The lowest BCUT2D eigenvalue weighted by Crippen LogP contribution is -2.25. The Labute approximate surface area is 142 Å². The molecule has 1 N–H and O–H groups in total. The zero-order chi connectivity index (χ0) is 17.9. The molecule has 1 aliphatic rings. The first-order chi connectivity index (χ1) is 11.9. The molecule has 0 aromatic heterocycles. The highest BCUT2D eigenvalue weighted by molar-refractivity contribution is 5.78. The maximum atomic E-state index is 12.7. The number of ether oxygens (including phenoxy) is 2. The minimum atomic E-state index is -4.40. The van der Waals surface area contributed by atoms with Crippen LogP contribution in [0.3, 0.4) is 0 Å². The van der Waals surface area contributed by atoms with E-state index in [1.807, 2.05) is 0 Å². The van der Waals surface area contributed by atoms with Gasteiger partial charge < -0.3 is 14.8 Å². The Morgan fingerprint density at radius 3 is 2.52 bits per heavy atom. The molecule has 1 amide bonds. The van der Waals surface area contributed by atoms with Crippen LogP contribution in [0.15, 0.2) is 42.5 Å². The fraction of sp³-hybridized carbons (Fsp3) is 0.278. The monoisotopic (exact) mass is 351 g/mol. The van der Waals surface area contributed by atoms with Crippen molar-refractivity contribution >= 4 is 5.91 Å². The Kier molecular flexibility index (Phi) is 4.83. The van der Waals surface area contributed by atoms with Gasteiger partial charge >= 0.3 is 6.18 Å². The van der Waals surface area contributed by atoms with E-state index >= 15 is 0 Å². The Balaban J connectivity index is 1.58. The molecular formula is C18H16F3NO3. The summed E-state index contributed by atoms with van der Waals surface area (Å²) in [6, 6.07) is 10.1. The maximum Gasteiger partial charge on any atom is 0.416 e. The first-order valence-corrected chi connectivity index (χ1v) is 7.73. The van der Waals surface area contributed by atoms with Crippen molar-refractivity contribution in [2.24, 2.45) is 0 Å². The summed E-state index contributed by atoms with van der Waals surface area (Å²) in [5.41, 5.74) is 0.405. The first-order valence-electron chi connectivity index (χ1n) is 7.73. The summed E-state index contributed by atoms with van der Waals surface area (Å²) in [5, 5.41) is 2.63. The van der Waals surface area contributed by atoms with E-state index in [9.17, 15) is 18.0 Å². The van der Waals surface area contributed by atoms with Crippen LogP contribution in [-0.2, 0) is 23.9 Å². The molecule has 0 saturated carbocycles. The van der Waals surface area contributed by atoms with E-state index in [-0.39, 0.29) is 18.9 Å². The standard InChI is InChI=1S/C18H16F3NO3/c19-18(20,21)14-3-1-2-13(8-14)11-22-17(23)10-12-4-5-15-16(9-12)25-7-6-24-15/h1-5,8-9H,6-7,10-11H2,(H,22,23). The lowest BCUT2D eigenvalue weighted by molar-refractivity contribution is -0.137. The Bertz CT molecular complexity index is 774. The number of carbonyl (C=O) groups is 1. The van der Waals surface area contributed by atoms with Crippen LogP contribution in [0.5, 0.6) is 11.5 Å². The van der Waals surface area contributed by atoms with Gasteiger partial charge in [-0.25, -0.2) is 0 Å². The van der Waals surface area contributed by atoms with E-state index in [1.54, 1.807) is 24.3 Å². The number of halogens is 3. The third-order valence-corrected chi connectivity index (χ3v) is 3.72. The third-order valence-electron chi connectivity index (χ3n) is 3.72. The van der Waals surface area contributed by atoms with E-state index in [2.05, 4.69) is 5.32 Å². The second-order valence-electron chi connectivity index (χ2n) is 5.63. The average Bonchev–Trinajstić information content (AvgIpc) is 2.59. The first kappa shape index (κ1) is 17.1. The molecule has 132 valence electrons.